The maximum Gasteiger partial charge on any atom is 0.142 e. The summed E-state index contributed by atoms with van der Waals surface area (Å²) in [6.07, 6.45) is 1.76. The van der Waals surface area contributed by atoms with Gasteiger partial charge in [-0.3, -0.25) is 0 Å². The number of aromatic nitrogens is 1. The first-order chi connectivity index (χ1) is 3.80. The molecule has 0 radical (unpaired) electrons. The van der Waals surface area contributed by atoms with Gasteiger partial charge in [-0.2, -0.15) is 0 Å². The highest BCUT2D eigenvalue weighted by molar-refractivity contribution is 9.10. The molecule has 0 atom stereocenters. The number of halogens is 1. The molecule has 1 aromatic heterocycles. The average Bonchev–Trinajstić information content (AvgIpc) is 1.77. The van der Waals surface area contributed by atoms with Crippen molar-refractivity contribution >= 4 is 29.2 Å². The third-order valence-electron chi connectivity index (χ3n) is 0.946. The summed E-state index contributed by atoms with van der Waals surface area (Å²) in [5.41, 5.74) is 1.17. The van der Waals surface area contributed by atoms with Crippen molar-refractivity contribution in [1.29, 1.82) is 0 Å². The zero-order chi connectivity index (χ0) is 5.98. The van der Waals surface area contributed by atoms with E-state index in [9.17, 15) is 0 Å². The summed E-state index contributed by atoms with van der Waals surface area (Å²) in [5, 5.41) is 0. The summed E-state index contributed by atoms with van der Waals surface area (Å²) >= 11 is 3.28. The SMILES string of the molecule is Bc1cccnc1Br. The average molecular weight is 170 g/mol. The minimum Gasteiger partial charge on any atom is -0.250 e. The van der Waals surface area contributed by atoms with E-state index >= 15 is 0 Å². The van der Waals surface area contributed by atoms with E-state index in [1.54, 1.807) is 6.20 Å². The molecule has 0 unspecified atom stereocenters. The van der Waals surface area contributed by atoms with Crippen LogP contribution < -0.4 is 5.46 Å². The van der Waals surface area contributed by atoms with Crippen LogP contribution in [0.25, 0.3) is 0 Å². The van der Waals surface area contributed by atoms with Crippen LogP contribution >= 0.6 is 15.9 Å². The van der Waals surface area contributed by atoms with Crippen LogP contribution in [0.1, 0.15) is 0 Å². The van der Waals surface area contributed by atoms with Crippen LogP contribution in [0.15, 0.2) is 22.9 Å². The molecule has 0 aliphatic carbocycles. The minimum atomic E-state index is 0.931. The Kier molecular flexibility index (Phi) is 1.68. The van der Waals surface area contributed by atoms with E-state index in [0.717, 1.165) is 4.60 Å². The van der Waals surface area contributed by atoms with Crippen molar-refractivity contribution < 1.29 is 0 Å². The van der Waals surface area contributed by atoms with Crippen LogP contribution in [0.4, 0.5) is 0 Å². The second-order valence-corrected chi connectivity index (χ2v) is 2.36. The largest absolute Gasteiger partial charge is 0.250 e. The molecule has 0 spiro atoms. The van der Waals surface area contributed by atoms with Crippen molar-refractivity contribution in [2.75, 3.05) is 0 Å². The number of hydrogen-bond donors (Lipinski definition) is 0. The van der Waals surface area contributed by atoms with Crippen molar-refractivity contribution in [1.82, 2.24) is 4.98 Å². The predicted molar refractivity (Wildman–Crippen MR) is 40.1 cm³/mol. The molecule has 1 heterocycles. The van der Waals surface area contributed by atoms with E-state index in [1.807, 2.05) is 20.0 Å². The Balaban J connectivity index is 3.13. The van der Waals surface area contributed by atoms with Crippen molar-refractivity contribution in [3.63, 3.8) is 0 Å². The van der Waals surface area contributed by atoms with Gasteiger partial charge in [0.1, 0.15) is 7.85 Å². The van der Waals surface area contributed by atoms with Crippen LogP contribution in [-0.2, 0) is 0 Å². The first-order valence-electron chi connectivity index (χ1n) is 2.38. The van der Waals surface area contributed by atoms with Gasteiger partial charge in [0.2, 0.25) is 0 Å². The number of pyridine rings is 1. The van der Waals surface area contributed by atoms with E-state index in [-0.39, 0.29) is 0 Å². The Morgan fingerprint density at radius 2 is 2.38 bits per heavy atom. The van der Waals surface area contributed by atoms with E-state index in [1.165, 1.54) is 5.46 Å². The van der Waals surface area contributed by atoms with E-state index in [2.05, 4.69) is 20.9 Å². The topological polar surface area (TPSA) is 12.9 Å². The lowest BCUT2D eigenvalue weighted by Crippen LogP contribution is -2.03. The molecule has 8 heavy (non-hydrogen) atoms. The molecule has 1 rings (SSSR count). The van der Waals surface area contributed by atoms with Gasteiger partial charge in [0.25, 0.3) is 0 Å². The quantitative estimate of drug-likeness (QED) is 0.397. The lowest BCUT2D eigenvalue weighted by atomic mass is 9.99. The normalized spacial score (nSPS) is 9.12. The van der Waals surface area contributed by atoms with Gasteiger partial charge in [-0.25, -0.2) is 4.98 Å². The molecule has 0 N–H and O–H groups in total. The van der Waals surface area contributed by atoms with Gasteiger partial charge in [-0.1, -0.05) is 11.5 Å². The Morgan fingerprint density at radius 1 is 1.62 bits per heavy atom. The number of rotatable bonds is 0. The van der Waals surface area contributed by atoms with Gasteiger partial charge in [0.05, 0.1) is 4.60 Å². The second kappa shape index (κ2) is 2.31. The zero-order valence-corrected chi connectivity index (χ0v) is 6.14. The Labute approximate surface area is 57.7 Å². The minimum absolute atomic E-state index is 0.931. The van der Waals surface area contributed by atoms with E-state index < -0.39 is 0 Å². The fourth-order valence-corrected chi connectivity index (χ4v) is 0.717. The molecule has 1 aromatic rings. The van der Waals surface area contributed by atoms with Crippen molar-refractivity contribution in [2.45, 2.75) is 0 Å². The van der Waals surface area contributed by atoms with Gasteiger partial charge < -0.3 is 0 Å². The Hall–Kier alpha value is -0.305. The smallest absolute Gasteiger partial charge is 0.142 e. The molecule has 0 aliphatic rings. The highest BCUT2D eigenvalue weighted by Crippen LogP contribution is 1.96. The van der Waals surface area contributed by atoms with Gasteiger partial charge in [0.15, 0.2) is 0 Å². The standard InChI is InChI=1S/C5H5BBrN/c6-4-2-1-3-8-5(4)7/h1-3H,6H2. The zero-order valence-electron chi connectivity index (χ0n) is 4.56. The molecule has 0 amide bonds. The molecular formula is C5H5BBrN. The van der Waals surface area contributed by atoms with Crippen LogP contribution in [0.2, 0.25) is 0 Å². The third kappa shape index (κ3) is 1.10. The Morgan fingerprint density at radius 3 is 2.75 bits per heavy atom. The fourth-order valence-electron chi connectivity index (χ4n) is 0.466. The van der Waals surface area contributed by atoms with Crippen molar-refractivity contribution in [3.05, 3.63) is 22.9 Å². The maximum atomic E-state index is 4.00. The van der Waals surface area contributed by atoms with Gasteiger partial charge >= 0.3 is 0 Å². The summed E-state index contributed by atoms with van der Waals surface area (Å²) < 4.78 is 0.931. The first-order valence-corrected chi connectivity index (χ1v) is 3.17. The lowest BCUT2D eigenvalue weighted by molar-refractivity contribution is 1.30. The first kappa shape index (κ1) is 5.82. The second-order valence-electron chi connectivity index (χ2n) is 1.61. The maximum absolute atomic E-state index is 4.00. The van der Waals surface area contributed by atoms with Crippen molar-refractivity contribution in [3.8, 4) is 0 Å². The van der Waals surface area contributed by atoms with Crippen molar-refractivity contribution in [2.24, 2.45) is 0 Å². The fraction of sp³-hybridized carbons (Fsp3) is 0. The number of hydrogen-bond acceptors (Lipinski definition) is 1. The summed E-state index contributed by atoms with van der Waals surface area (Å²) in [6, 6.07) is 3.93. The highest BCUT2D eigenvalue weighted by atomic mass is 79.9. The van der Waals surface area contributed by atoms with Gasteiger partial charge in [-0.05, 0) is 22.0 Å². The molecule has 3 heteroatoms. The van der Waals surface area contributed by atoms with E-state index in [0.29, 0.717) is 0 Å². The molecule has 40 valence electrons. The van der Waals surface area contributed by atoms with Crippen LogP contribution in [0.5, 0.6) is 0 Å². The highest BCUT2D eigenvalue weighted by Gasteiger charge is 1.87. The molecule has 0 saturated heterocycles. The summed E-state index contributed by atoms with van der Waals surface area (Å²) in [6.45, 7) is 0. The van der Waals surface area contributed by atoms with Gasteiger partial charge in [-0.15, -0.1) is 0 Å². The summed E-state index contributed by atoms with van der Waals surface area (Å²) in [4.78, 5) is 4.00. The Bertz CT molecular complexity index is 169. The molecule has 0 aromatic carbocycles. The molecule has 0 bridgehead atoms. The lowest BCUT2D eigenvalue weighted by Gasteiger charge is -1.90. The van der Waals surface area contributed by atoms with Gasteiger partial charge in [0, 0.05) is 6.20 Å². The van der Waals surface area contributed by atoms with E-state index in [4.69, 9.17) is 0 Å². The monoisotopic (exact) mass is 169 g/mol. The molecule has 0 aliphatic heterocycles. The predicted octanol–water partition coefficient (Wildman–Crippen LogP) is 0.103. The van der Waals surface area contributed by atoms with Crippen LogP contribution in [-0.4, -0.2) is 12.8 Å². The van der Waals surface area contributed by atoms with Crippen LogP contribution in [0, 0.1) is 0 Å². The molecule has 1 nitrogen and oxygen atoms in total. The third-order valence-corrected chi connectivity index (χ3v) is 1.78. The molecule has 0 fully saturated rings. The molecular weight excluding hydrogens is 165 g/mol. The molecule has 0 saturated carbocycles. The summed E-state index contributed by atoms with van der Waals surface area (Å²) in [5.74, 6) is 0. The number of nitrogens with zero attached hydrogens (tertiary/aromatic N) is 1. The summed E-state index contributed by atoms with van der Waals surface area (Å²) in [7, 11) is 2.01. The van der Waals surface area contributed by atoms with Crippen LogP contribution in [0.3, 0.4) is 0 Å².